The van der Waals surface area contributed by atoms with Crippen molar-refractivity contribution in [2.24, 2.45) is 0 Å². The van der Waals surface area contributed by atoms with Crippen molar-refractivity contribution in [1.29, 1.82) is 0 Å². The van der Waals surface area contributed by atoms with E-state index in [1.807, 2.05) is 36.0 Å². The Morgan fingerprint density at radius 3 is 2.90 bits per heavy atom. The topological polar surface area (TPSA) is 88.8 Å². The molecule has 0 N–H and O–H groups in total. The summed E-state index contributed by atoms with van der Waals surface area (Å²) in [7, 11) is 0. The van der Waals surface area contributed by atoms with Crippen molar-refractivity contribution in [3.63, 3.8) is 0 Å². The number of aromatic nitrogens is 2. The first-order valence-electron chi connectivity index (χ1n) is 9.49. The molecule has 3 aliphatic rings. The molecular formula is C19H19ClN4O4S. The van der Waals surface area contributed by atoms with Crippen LogP contribution in [0.2, 0.25) is 5.02 Å². The van der Waals surface area contributed by atoms with E-state index in [1.54, 1.807) is 4.90 Å². The Bertz CT molecular complexity index is 937. The molecule has 5 rings (SSSR count). The van der Waals surface area contributed by atoms with Gasteiger partial charge in [0.15, 0.2) is 5.82 Å². The molecule has 0 saturated carbocycles. The maximum Gasteiger partial charge on any atom is 0.327 e. The molecule has 29 heavy (non-hydrogen) atoms. The number of thioether (sulfide) groups is 1. The summed E-state index contributed by atoms with van der Waals surface area (Å²) in [6.45, 7) is 1.40. The van der Waals surface area contributed by atoms with Crippen LogP contribution in [0.3, 0.4) is 0 Å². The van der Waals surface area contributed by atoms with Crippen LogP contribution in [0.5, 0.6) is 0 Å². The molecule has 2 aromatic rings. The van der Waals surface area contributed by atoms with E-state index in [2.05, 4.69) is 10.1 Å². The molecule has 3 fully saturated rings. The fourth-order valence-electron chi connectivity index (χ4n) is 3.80. The van der Waals surface area contributed by atoms with Crippen LogP contribution in [-0.4, -0.2) is 62.9 Å². The predicted molar refractivity (Wildman–Crippen MR) is 105 cm³/mol. The number of carbonyl (C=O) groups is 2. The number of hydrogen-bond acceptors (Lipinski definition) is 7. The van der Waals surface area contributed by atoms with E-state index in [0.29, 0.717) is 42.5 Å². The smallest absolute Gasteiger partial charge is 0.327 e. The highest BCUT2D eigenvalue weighted by Gasteiger charge is 2.42. The molecule has 4 heterocycles. The Morgan fingerprint density at radius 2 is 2.07 bits per heavy atom. The molecule has 3 aliphatic heterocycles. The zero-order chi connectivity index (χ0) is 20.0. The Hall–Kier alpha value is -2.10. The third kappa shape index (κ3) is 3.86. The minimum atomic E-state index is -0.310. The van der Waals surface area contributed by atoms with Gasteiger partial charge in [0, 0.05) is 28.5 Å². The number of nitrogens with zero attached hydrogens (tertiary/aromatic N) is 4. The Morgan fingerprint density at radius 1 is 1.24 bits per heavy atom. The average molecular weight is 435 g/mol. The largest absolute Gasteiger partial charge is 0.377 e. The van der Waals surface area contributed by atoms with Crippen molar-refractivity contribution >= 4 is 35.3 Å². The first-order chi connectivity index (χ1) is 14.1. The number of hydrogen-bond donors (Lipinski definition) is 0. The van der Waals surface area contributed by atoms with E-state index in [4.69, 9.17) is 20.9 Å². The normalized spacial score (nSPS) is 26.6. The number of ether oxygens (including phenoxy) is 1. The number of benzene rings is 1. The summed E-state index contributed by atoms with van der Waals surface area (Å²) in [5, 5.41) is 5.54. The summed E-state index contributed by atoms with van der Waals surface area (Å²) >= 11 is 7.79. The van der Waals surface area contributed by atoms with Crippen molar-refractivity contribution in [3.8, 4) is 0 Å². The van der Waals surface area contributed by atoms with Crippen molar-refractivity contribution in [3.05, 3.63) is 46.6 Å². The maximum absolute atomic E-state index is 12.7. The molecule has 8 nitrogen and oxygen atoms in total. The van der Waals surface area contributed by atoms with E-state index in [1.165, 1.54) is 10.5 Å². The van der Waals surface area contributed by atoms with E-state index in [9.17, 15) is 9.59 Å². The summed E-state index contributed by atoms with van der Waals surface area (Å²) in [4.78, 5) is 32.4. The zero-order valence-corrected chi connectivity index (χ0v) is 17.1. The number of urea groups is 1. The molecule has 152 valence electrons. The van der Waals surface area contributed by atoms with Gasteiger partial charge in [-0.2, -0.15) is 4.98 Å². The second-order valence-electron chi connectivity index (χ2n) is 7.34. The van der Waals surface area contributed by atoms with Gasteiger partial charge in [0.25, 0.3) is 0 Å². The SMILES string of the molecule is O=C1CC2COCCN2C(=O)N1Cc1nc(CC2SC2c2ccc(Cl)cc2)no1. The van der Waals surface area contributed by atoms with Crippen LogP contribution in [0.4, 0.5) is 4.79 Å². The molecule has 0 spiro atoms. The summed E-state index contributed by atoms with van der Waals surface area (Å²) in [5.74, 6) is 0.638. The van der Waals surface area contributed by atoms with E-state index in [0.717, 1.165) is 5.02 Å². The molecule has 1 aromatic heterocycles. The quantitative estimate of drug-likeness (QED) is 0.668. The van der Waals surface area contributed by atoms with Gasteiger partial charge in [-0.25, -0.2) is 4.79 Å². The van der Waals surface area contributed by atoms with Gasteiger partial charge in [0.05, 0.1) is 25.7 Å². The van der Waals surface area contributed by atoms with Gasteiger partial charge >= 0.3 is 6.03 Å². The van der Waals surface area contributed by atoms with Gasteiger partial charge in [-0.05, 0) is 17.7 Å². The number of halogens is 1. The molecule has 3 saturated heterocycles. The molecule has 3 amide bonds. The lowest BCUT2D eigenvalue weighted by molar-refractivity contribution is -0.136. The minimum Gasteiger partial charge on any atom is -0.377 e. The fraction of sp³-hybridized carbons (Fsp3) is 0.474. The van der Waals surface area contributed by atoms with E-state index >= 15 is 0 Å². The van der Waals surface area contributed by atoms with Crippen molar-refractivity contribution in [2.75, 3.05) is 19.8 Å². The van der Waals surface area contributed by atoms with Gasteiger partial charge in [0.1, 0.15) is 6.54 Å². The number of carbonyl (C=O) groups excluding carboxylic acids is 2. The van der Waals surface area contributed by atoms with Crippen molar-refractivity contribution in [2.45, 2.75) is 35.9 Å². The highest BCUT2D eigenvalue weighted by atomic mass is 35.5. The van der Waals surface area contributed by atoms with Crippen molar-refractivity contribution < 1.29 is 18.8 Å². The summed E-state index contributed by atoms with van der Waals surface area (Å²) in [6, 6.07) is 7.38. The van der Waals surface area contributed by atoms with Crippen molar-refractivity contribution in [1.82, 2.24) is 19.9 Å². The molecule has 0 bridgehead atoms. The standard InChI is InChI=1S/C19H19ClN4O4S/c20-12-3-1-11(2-4-12)18-14(29-18)8-15-21-16(28-22-15)9-24-17(25)7-13-10-27-6-5-23(13)19(24)26/h1-4,13-14,18H,5-10H2. The third-order valence-corrected chi connectivity index (χ3v) is 7.00. The number of fused-ring (bicyclic) bond motifs is 1. The lowest BCUT2D eigenvalue weighted by Gasteiger charge is -2.42. The van der Waals surface area contributed by atoms with E-state index < -0.39 is 0 Å². The second kappa shape index (κ2) is 7.62. The molecule has 10 heteroatoms. The number of amides is 3. The van der Waals surface area contributed by atoms with Crippen LogP contribution in [0.15, 0.2) is 28.8 Å². The summed E-state index contributed by atoms with van der Waals surface area (Å²) in [6.07, 6.45) is 0.934. The summed E-state index contributed by atoms with van der Waals surface area (Å²) in [5.41, 5.74) is 1.23. The average Bonchev–Trinajstić information content (AvgIpc) is 3.33. The Labute approximate surface area is 176 Å². The van der Waals surface area contributed by atoms with Crippen LogP contribution >= 0.6 is 23.4 Å². The van der Waals surface area contributed by atoms with Gasteiger partial charge in [-0.1, -0.05) is 28.9 Å². The lowest BCUT2D eigenvalue weighted by atomic mass is 10.1. The van der Waals surface area contributed by atoms with Gasteiger partial charge in [-0.3, -0.25) is 9.69 Å². The minimum absolute atomic E-state index is 0.00711. The van der Waals surface area contributed by atoms with Gasteiger partial charge < -0.3 is 14.2 Å². The molecule has 1 aromatic carbocycles. The van der Waals surface area contributed by atoms with Crippen LogP contribution in [0.1, 0.15) is 28.9 Å². The van der Waals surface area contributed by atoms with Gasteiger partial charge in [-0.15, -0.1) is 11.8 Å². The lowest BCUT2D eigenvalue weighted by Crippen LogP contribution is -2.60. The van der Waals surface area contributed by atoms with Gasteiger partial charge in [0.2, 0.25) is 11.8 Å². The first kappa shape index (κ1) is 18.9. The van der Waals surface area contributed by atoms with Crippen LogP contribution in [0, 0.1) is 0 Å². The highest BCUT2D eigenvalue weighted by molar-refractivity contribution is 8.07. The fourth-order valence-corrected chi connectivity index (χ4v) is 5.03. The first-order valence-corrected chi connectivity index (χ1v) is 10.8. The molecular weight excluding hydrogens is 416 g/mol. The number of rotatable bonds is 5. The monoisotopic (exact) mass is 434 g/mol. The number of morpholine rings is 1. The molecule has 3 unspecified atom stereocenters. The Kier molecular flexibility index (Phi) is 4.97. The molecule has 0 aliphatic carbocycles. The zero-order valence-electron chi connectivity index (χ0n) is 15.5. The van der Waals surface area contributed by atoms with Crippen LogP contribution in [-0.2, 0) is 22.5 Å². The predicted octanol–water partition coefficient (Wildman–Crippen LogP) is 2.68. The molecule has 3 atom stereocenters. The third-order valence-electron chi connectivity index (χ3n) is 5.38. The number of imide groups is 1. The summed E-state index contributed by atoms with van der Waals surface area (Å²) < 4.78 is 10.7. The van der Waals surface area contributed by atoms with Crippen LogP contribution in [0.25, 0.3) is 0 Å². The van der Waals surface area contributed by atoms with E-state index in [-0.39, 0.29) is 36.8 Å². The highest BCUT2D eigenvalue weighted by Crippen LogP contribution is 2.56. The Balaban J connectivity index is 1.20. The maximum atomic E-state index is 12.7. The second-order valence-corrected chi connectivity index (χ2v) is 9.17. The molecule has 0 radical (unpaired) electrons. The van der Waals surface area contributed by atoms with Crippen LogP contribution < -0.4 is 0 Å².